The van der Waals surface area contributed by atoms with Crippen LogP contribution in [0.4, 0.5) is 4.39 Å². The smallest absolute Gasteiger partial charge is 0.129 e. The second kappa shape index (κ2) is 4.14. The summed E-state index contributed by atoms with van der Waals surface area (Å²) in [7, 11) is 0. The summed E-state index contributed by atoms with van der Waals surface area (Å²) in [4.78, 5) is 0. The summed E-state index contributed by atoms with van der Waals surface area (Å²) in [5.41, 5.74) is 6.76. The Morgan fingerprint density at radius 3 is 2.64 bits per heavy atom. The Morgan fingerprint density at radius 1 is 1.43 bits per heavy atom. The Hall–Kier alpha value is -0.160. The monoisotopic (exact) mass is 305 g/mol. The van der Waals surface area contributed by atoms with E-state index in [-0.39, 0.29) is 11.9 Å². The molecule has 1 aliphatic rings. The molecule has 0 saturated heterocycles. The first-order chi connectivity index (χ1) is 6.70. The molecule has 1 aliphatic carbocycles. The highest BCUT2D eigenvalue weighted by molar-refractivity contribution is 14.1. The minimum Gasteiger partial charge on any atom is -0.324 e. The molecule has 0 amide bonds. The van der Waals surface area contributed by atoms with Crippen LogP contribution < -0.4 is 5.73 Å². The van der Waals surface area contributed by atoms with Gasteiger partial charge in [-0.2, -0.15) is 0 Å². The van der Waals surface area contributed by atoms with Crippen LogP contribution in [0.15, 0.2) is 18.2 Å². The largest absolute Gasteiger partial charge is 0.324 e. The molecule has 3 heteroatoms. The zero-order valence-corrected chi connectivity index (χ0v) is 10.00. The molecule has 0 bridgehead atoms. The average Bonchev–Trinajstić information content (AvgIpc) is 2.00. The molecule has 0 aliphatic heterocycles. The first-order valence-electron chi connectivity index (χ1n) is 4.89. The van der Waals surface area contributed by atoms with E-state index >= 15 is 0 Å². The van der Waals surface area contributed by atoms with Crippen LogP contribution in [0.25, 0.3) is 0 Å². The molecule has 76 valence electrons. The number of benzene rings is 1. The fraction of sp³-hybridized carbons (Fsp3) is 0.455. The lowest BCUT2D eigenvalue weighted by molar-refractivity contribution is 0.260. The van der Waals surface area contributed by atoms with Crippen molar-refractivity contribution in [1.82, 2.24) is 0 Å². The topological polar surface area (TPSA) is 26.0 Å². The second-order valence-electron chi connectivity index (χ2n) is 3.85. The number of rotatable bonds is 2. The second-order valence-corrected chi connectivity index (χ2v) is 5.01. The van der Waals surface area contributed by atoms with E-state index in [9.17, 15) is 4.39 Å². The van der Waals surface area contributed by atoms with Gasteiger partial charge in [0, 0.05) is 15.2 Å². The van der Waals surface area contributed by atoms with Crippen LogP contribution in [0.3, 0.4) is 0 Å². The van der Waals surface area contributed by atoms with E-state index in [1.807, 2.05) is 6.07 Å². The molecule has 1 aromatic rings. The maximum absolute atomic E-state index is 13.5. The number of halogens is 2. The predicted octanol–water partition coefficient (Wildman–Crippen LogP) is 3.23. The van der Waals surface area contributed by atoms with Crippen LogP contribution in [0.1, 0.15) is 30.9 Å². The Balaban J connectivity index is 2.29. The van der Waals surface area contributed by atoms with Gasteiger partial charge >= 0.3 is 0 Å². The van der Waals surface area contributed by atoms with Crippen molar-refractivity contribution in [3.8, 4) is 0 Å². The third-order valence-corrected chi connectivity index (χ3v) is 3.93. The van der Waals surface area contributed by atoms with Gasteiger partial charge in [0.2, 0.25) is 0 Å². The maximum atomic E-state index is 13.5. The fourth-order valence-corrected chi connectivity index (χ4v) is 2.69. The van der Waals surface area contributed by atoms with E-state index < -0.39 is 0 Å². The van der Waals surface area contributed by atoms with Gasteiger partial charge in [-0.25, -0.2) is 4.39 Å². The van der Waals surface area contributed by atoms with Gasteiger partial charge in [-0.3, -0.25) is 0 Å². The Bertz CT molecular complexity index is 316. The minimum absolute atomic E-state index is 0.114. The fourth-order valence-electron chi connectivity index (χ4n) is 1.86. The van der Waals surface area contributed by atoms with Crippen LogP contribution in [-0.2, 0) is 0 Å². The normalized spacial score (nSPS) is 19.1. The minimum atomic E-state index is -0.156. The van der Waals surface area contributed by atoms with Crippen molar-refractivity contribution in [3.63, 3.8) is 0 Å². The molecular weight excluding hydrogens is 292 g/mol. The zero-order chi connectivity index (χ0) is 10.1. The summed E-state index contributed by atoms with van der Waals surface area (Å²) in [5, 5.41) is 0. The summed E-state index contributed by atoms with van der Waals surface area (Å²) >= 11 is 2.16. The molecule has 0 aromatic heterocycles. The van der Waals surface area contributed by atoms with Crippen molar-refractivity contribution in [2.45, 2.75) is 25.3 Å². The van der Waals surface area contributed by atoms with E-state index in [2.05, 4.69) is 22.6 Å². The van der Waals surface area contributed by atoms with Crippen LogP contribution >= 0.6 is 22.6 Å². The molecule has 2 rings (SSSR count). The van der Waals surface area contributed by atoms with Crippen LogP contribution in [0.5, 0.6) is 0 Å². The highest BCUT2D eigenvalue weighted by Gasteiger charge is 2.28. The molecule has 2 N–H and O–H groups in total. The first kappa shape index (κ1) is 10.4. The van der Waals surface area contributed by atoms with Crippen LogP contribution in [0, 0.1) is 15.3 Å². The summed E-state index contributed by atoms with van der Waals surface area (Å²) in [6.45, 7) is 0. The molecule has 1 fully saturated rings. The summed E-state index contributed by atoms with van der Waals surface area (Å²) in [5.74, 6) is 0.330. The van der Waals surface area contributed by atoms with Gasteiger partial charge in [0.15, 0.2) is 0 Å². The lowest BCUT2D eigenvalue weighted by Crippen LogP contribution is -2.28. The molecule has 0 heterocycles. The number of hydrogen-bond acceptors (Lipinski definition) is 1. The molecule has 1 atom stereocenters. The van der Waals surface area contributed by atoms with Crippen LogP contribution in [0.2, 0.25) is 0 Å². The van der Waals surface area contributed by atoms with E-state index in [0.29, 0.717) is 11.5 Å². The number of hydrogen-bond donors (Lipinski definition) is 1. The van der Waals surface area contributed by atoms with Gasteiger partial charge in [0.05, 0.1) is 0 Å². The van der Waals surface area contributed by atoms with Gasteiger partial charge in [0.25, 0.3) is 0 Å². The molecule has 0 spiro atoms. The number of nitrogens with two attached hydrogens (primary N) is 1. The van der Waals surface area contributed by atoms with E-state index in [1.165, 1.54) is 12.5 Å². The Labute approximate surface area is 97.0 Å². The molecule has 1 nitrogen and oxygen atoms in total. The van der Waals surface area contributed by atoms with Crippen molar-refractivity contribution in [2.24, 2.45) is 11.7 Å². The van der Waals surface area contributed by atoms with E-state index in [0.717, 1.165) is 16.4 Å². The summed E-state index contributed by atoms with van der Waals surface area (Å²) in [6.07, 6.45) is 3.53. The lowest BCUT2D eigenvalue weighted by atomic mass is 9.77. The molecule has 14 heavy (non-hydrogen) atoms. The third-order valence-electron chi connectivity index (χ3n) is 2.99. The van der Waals surface area contributed by atoms with Gasteiger partial charge in [-0.1, -0.05) is 12.5 Å². The first-order valence-corrected chi connectivity index (χ1v) is 5.97. The lowest BCUT2D eigenvalue weighted by Gasteiger charge is -2.32. The highest BCUT2D eigenvalue weighted by atomic mass is 127. The standard InChI is InChI=1S/C11H13FIN/c12-8-5-2-6-9(13)10(8)11(14)7-3-1-4-7/h2,5-7,11H,1,3-4,14H2/t11-/m1/s1. The van der Waals surface area contributed by atoms with Gasteiger partial charge < -0.3 is 5.73 Å². The molecule has 0 unspecified atom stereocenters. The highest BCUT2D eigenvalue weighted by Crippen LogP contribution is 2.38. The average molecular weight is 305 g/mol. The van der Waals surface area contributed by atoms with Gasteiger partial charge in [-0.15, -0.1) is 0 Å². The van der Waals surface area contributed by atoms with Gasteiger partial charge in [0.1, 0.15) is 5.82 Å². The van der Waals surface area contributed by atoms with Crippen LogP contribution in [-0.4, -0.2) is 0 Å². The predicted molar refractivity (Wildman–Crippen MR) is 63.4 cm³/mol. The molecular formula is C11H13FIN. The zero-order valence-electron chi connectivity index (χ0n) is 7.84. The van der Waals surface area contributed by atoms with Crippen molar-refractivity contribution in [2.75, 3.05) is 0 Å². The molecule has 1 aromatic carbocycles. The maximum Gasteiger partial charge on any atom is 0.129 e. The van der Waals surface area contributed by atoms with Crippen molar-refractivity contribution < 1.29 is 4.39 Å². The quantitative estimate of drug-likeness (QED) is 0.834. The van der Waals surface area contributed by atoms with E-state index in [4.69, 9.17) is 5.73 Å². The molecule has 1 saturated carbocycles. The van der Waals surface area contributed by atoms with E-state index in [1.54, 1.807) is 6.07 Å². The van der Waals surface area contributed by atoms with Crippen molar-refractivity contribution in [1.29, 1.82) is 0 Å². The SMILES string of the molecule is N[C@@H](c1c(F)cccc1I)C1CCC1. The summed E-state index contributed by atoms with van der Waals surface area (Å²) in [6, 6.07) is 5.03. The van der Waals surface area contributed by atoms with Crippen molar-refractivity contribution >= 4 is 22.6 Å². The van der Waals surface area contributed by atoms with Crippen molar-refractivity contribution in [3.05, 3.63) is 33.1 Å². The third kappa shape index (κ3) is 1.80. The Morgan fingerprint density at radius 2 is 2.14 bits per heavy atom. The summed E-state index contributed by atoms with van der Waals surface area (Å²) < 4.78 is 14.5. The Kier molecular flexibility index (Phi) is 3.07. The molecule has 0 radical (unpaired) electrons. The van der Waals surface area contributed by atoms with Gasteiger partial charge in [-0.05, 0) is 53.5 Å².